The molecule has 1 heterocycles. The second-order valence-corrected chi connectivity index (χ2v) is 6.34. The molecule has 1 fully saturated rings. The molecule has 0 saturated carbocycles. The Morgan fingerprint density at radius 3 is 2.59 bits per heavy atom. The Morgan fingerprint density at radius 1 is 1.41 bits per heavy atom. The highest BCUT2D eigenvalue weighted by Gasteiger charge is 2.31. The van der Waals surface area contributed by atoms with Crippen LogP contribution in [0, 0.1) is 5.92 Å². The van der Waals surface area contributed by atoms with E-state index >= 15 is 0 Å². The van der Waals surface area contributed by atoms with E-state index in [1.807, 2.05) is 6.92 Å². The summed E-state index contributed by atoms with van der Waals surface area (Å²) in [5.41, 5.74) is 0.795. The van der Waals surface area contributed by atoms with Crippen molar-refractivity contribution in [3.05, 3.63) is 33.8 Å². The smallest absolute Gasteiger partial charge is 0.317 e. The van der Waals surface area contributed by atoms with Gasteiger partial charge in [0, 0.05) is 29.2 Å². The number of benzene rings is 1. The molecule has 2 N–H and O–H groups in total. The number of carbonyl (C=O) groups is 2. The molecule has 2 atom stereocenters. The number of carboxylic acid groups (broad SMARTS) is 1. The molecule has 2 amide bonds. The standard InChI is InChI=1S/C15H18Cl2N2O3/c1-9(7-11-12(16)3-2-4-13(11)17)18-15(22)19-6-5-10(8-19)14(20)21/h2-4,9-10H,5-8H2,1H3,(H,18,22)(H,20,21). The molecule has 1 saturated heterocycles. The van der Waals surface area contributed by atoms with Crippen LogP contribution in [-0.2, 0) is 11.2 Å². The highest BCUT2D eigenvalue weighted by atomic mass is 35.5. The SMILES string of the molecule is CC(Cc1c(Cl)cccc1Cl)NC(=O)N1CCC(C(=O)O)C1. The van der Waals surface area contributed by atoms with Gasteiger partial charge in [-0.1, -0.05) is 29.3 Å². The Bertz CT molecular complexity index is 560. The van der Waals surface area contributed by atoms with E-state index in [9.17, 15) is 9.59 Å². The molecule has 2 unspecified atom stereocenters. The van der Waals surface area contributed by atoms with Crippen LogP contribution in [-0.4, -0.2) is 41.1 Å². The van der Waals surface area contributed by atoms with Crippen LogP contribution in [0.5, 0.6) is 0 Å². The Labute approximate surface area is 139 Å². The van der Waals surface area contributed by atoms with Gasteiger partial charge in [0.2, 0.25) is 0 Å². The number of hydrogen-bond acceptors (Lipinski definition) is 2. The van der Waals surface area contributed by atoms with E-state index in [4.69, 9.17) is 28.3 Å². The van der Waals surface area contributed by atoms with Gasteiger partial charge in [-0.05, 0) is 37.5 Å². The van der Waals surface area contributed by atoms with E-state index in [1.54, 1.807) is 18.2 Å². The van der Waals surface area contributed by atoms with Crippen LogP contribution < -0.4 is 5.32 Å². The van der Waals surface area contributed by atoms with Crippen molar-refractivity contribution < 1.29 is 14.7 Å². The lowest BCUT2D eigenvalue weighted by Gasteiger charge is -2.21. The topological polar surface area (TPSA) is 69.6 Å². The number of hydrogen-bond donors (Lipinski definition) is 2. The van der Waals surface area contributed by atoms with Crippen LogP contribution in [0.25, 0.3) is 0 Å². The first-order valence-electron chi connectivity index (χ1n) is 7.09. The van der Waals surface area contributed by atoms with E-state index in [1.165, 1.54) is 4.90 Å². The van der Waals surface area contributed by atoms with Crippen molar-refractivity contribution in [3.63, 3.8) is 0 Å². The van der Waals surface area contributed by atoms with Crippen molar-refractivity contribution in [2.75, 3.05) is 13.1 Å². The fraction of sp³-hybridized carbons (Fsp3) is 0.467. The molecular weight excluding hydrogens is 327 g/mol. The maximum Gasteiger partial charge on any atom is 0.317 e. The van der Waals surface area contributed by atoms with Gasteiger partial charge in [-0.15, -0.1) is 0 Å². The molecule has 120 valence electrons. The summed E-state index contributed by atoms with van der Waals surface area (Å²) in [6.45, 7) is 2.57. The van der Waals surface area contributed by atoms with Crippen molar-refractivity contribution in [2.45, 2.75) is 25.8 Å². The lowest BCUT2D eigenvalue weighted by atomic mass is 10.1. The Kier molecular flexibility index (Phi) is 5.53. The third kappa shape index (κ3) is 4.05. The summed E-state index contributed by atoms with van der Waals surface area (Å²) < 4.78 is 0. The molecule has 22 heavy (non-hydrogen) atoms. The van der Waals surface area contributed by atoms with Gasteiger partial charge in [-0.3, -0.25) is 4.79 Å². The van der Waals surface area contributed by atoms with Gasteiger partial charge in [-0.2, -0.15) is 0 Å². The zero-order valence-corrected chi connectivity index (χ0v) is 13.7. The van der Waals surface area contributed by atoms with Crippen LogP contribution in [0.4, 0.5) is 4.79 Å². The molecule has 0 aromatic heterocycles. The number of urea groups is 1. The first kappa shape index (κ1) is 16.9. The van der Waals surface area contributed by atoms with E-state index in [-0.39, 0.29) is 18.6 Å². The van der Waals surface area contributed by atoms with E-state index < -0.39 is 11.9 Å². The normalized spacial score (nSPS) is 19.0. The highest BCUT2D eigenvalue weighted by molar-refractivity contribution is 6.36. The molecule has 5 nitrogen and oxygen atoms in total. The summed E-state index contributed by atoms with van der Waals surface area (Å²) in [7, 11) is 0. The second-order valence-electron chi connectivity index (χ2n) is 5.52. The second kappa shape index (κ2) is 7.20. The predicted octanol–water partition coefficient (Wildman–Crippen LogP) is 3.04. The average molecular weight is 345 g/mol. The summed E-state index contributed by atoms with van der Waals surface area (Å²) >= 11 is 12.2. The molecule has 7 heteroatoms. The molecule has 1 aliphatic heterocycles. The average Bonchev–Trinajstić information content (AvgIpc) is 2.93. The van der Waals surface area contributed by atoms with Crippen LogP contribution in [0.1, 0.15) is 18.9 Å². The van der Waals surface area contributed by atoms with E-state index in [0.717, 1.165) is 5.56 Å². The van der Waals surface area contributed by atoms with Gasteiger partial charge in [0.05, 0.1) is 5.92 Å². The molecular formula is C15H18Cl2N2O3. The van der Waals surface area contributed by atoms with Gasteiger partial charge in [0.25, 0.3) is 0 Å². The number of rotatable bonds is 4. The van der Waals surface area contributed by atoms with Crippen LogP contribution in [0.2, 0.25) is 10.0 Å². The number of nitrogens with zero attached hydrogens (tertiary/aromatic N) is 1. The third-order valence-corrected chi connectivity index (χ3v) is 4.47. The Balaban J connectivity index is 1.91. The summed E-state index contributed by atoms with van der Waals surface area (Å²) in [6.07, 6.45) is 1.01. The zero-order chi connectivity index (χ0) is 16.3. The Hall–Kier alpha value is -1.46. The number of carbonyl (C=O) groups excluding carboxylic acids is 1. The van der Waals surface area contributed by atoms with Crippen molar-refractivity contribution in [1.29, 1.82) is 0 Å². The summed E-state index contributed by atoms with van der Waals surface area (Å²) in [5, 5.41) is 13.0. The lowest BCUT2D eigenvalue weighted by molar-refractivity contribution is -0.141. The zero-order valence-electron chi connectivity index (χ0n) is 12.2. The molecule has 0 aliphatic carbocycles. The third-order valence-electron chi connectivity index (χ3n) is 3.77. The quantitative estimate of drug-likeness (QED) is 0.881. The number of halogens is 2. The molecule has 1 aromatic carbocycles. The van der Waals surface area contributed by atoms with Crippen molar-refractivity contribution in [2.24, 2.45) is 5.92 Å². The summed E-state index contributed by atoms with van der Waals surface area (Å²) in [4.78, 5) is 24.6. The van der Waals surface area contributed by atoms with Crippen molar-refractivity contribution in [1.82, 2.24) is 10.2 Å². The minimum atomic E-state index is -0.855. The maximum atomic E-state index is 12.1. The van der Waals surface area contributed by atoms with E-state index in [0.29, 0.717) is 29.4 Å². The number of nitrogens with one attached hydrogen (secondary N) is 1. The number of carboxylic acids is 1. The fourth-order valence-corrected chi connectivity index (χ4v) is 3.08. The molecule has 2 rings (SSSR count). The molecule has 0 spiro atoms. The maximum absolute atomic E-state index is 12.1. The van der Waals surface area contributed by atoms with Gasteiger partial charge in [-0.25, -0.2) is 4.79 Å². The number of likely N-dealkylation sites (tertiary alicyclic amines) is 1. The summed E-state index contributed by atoms with van der Waals surface area (Å²) in [6, 6.07) is 4.88. The minimum Gasteiger partial charge on any atom is -0.481 e. The summed E-state index contributed by atoms with van der Waals surface area (Å²) in [5.74, 6) is -1.33. The van der Waals surface area contributed by atoms with Crippen LogP contribution >= 0.6 is 23.2 Å². The molecule has 1 aliphatic rings. The molecule has 0 radical (unpaired) electrons. The van der Waals surface area contributed by atoms with Crippen LogP contribution in [0.15, 0.2) is 18.2 Å². The fourth-order valence-electron chi connectivity index (χ4n) is 2.53. The van der Waals surface area contributed by atoms with Gasteiger partial charge < -0.3 is 15.3 Å². The van der Waals surface area contributed by atoms with Gasteiger partial charge in [0.1, 0.15) is 0 Å². The number of amides is 2. The molecule has 1 aromatic rings. The minimum absolute atomic E-state index is 0.159. The van der Waals surface area contributed by atoms with Crippen LogP contribution in [0.3, 0.4) is 0 Å². The Morgan fingerprint density at radius 2 is 2.05 bits per heavy atom. The lowest BCUT2D eigenvalue weighted by Crippen LogP contribution is -2.43. The van der Waals surface area contributed by atoms with Gasteiger partial charge in [0.15, 0.2) is 0 Å². The van der Waals surface area contributed by atoms with Gasteiger partial charge >= 0.3 is 12.0 Å². The highest BCUT2D eigenvalue weighted by Crippen LogP contribution is 2.25. The predicted molar refractivity (Wildman–Crippen MR) is 85.5 cm³/mol. The van der Waals surface area contributed by atoms with E-state index in [2.05, 4.69) is 5.32 Å². The number of aliphatic carboxylic acids is 1. The van der Waals surface area contributed by atoms with Crippen molar-refractivity contribution in [3.8, 4) is 0 Å². The monoisotopic (exact) mass is 344 g/mol. The van der Waals surface area contributed by atoms with Crippen molar-refractivity contribution >= 4 is 35.2 Å². The first-order valence-corrected chi connectivity index (χ1v) is 7.85. The molecule has 0 bridgehead atoms. The first-order chi connectivity index (χ1) is 10.4. The largest absolute Gasteiger partial charge is 0.481 e.